The highest BCUT2D eigenvalue weighted by Crippen LogP contribution is 2.35. The number of nitrogens with one attached hydrogen (secondary N) is 1. The van der Waals surface area contributed by atoms with Crippen LogP contribution in [0.25, 0.3) is 0 Å². The number of nitrogens with zero attached hydrogens (tertiary/aromatic N) is 3. The first kappa shape index (κ1) is 24.6. The molecule has 1 aliphatic rings. The van der Waals surface area contributed by atoms with Gasteiger partial charge >= 0.3 is 6.18 Å². The standard InChI is InChI=1S/C22H21ClF4N4O2S/c1-30-12-21(29-13-30)34(32,33)31-10-17(15-3-5-16(24)6-4-15)20(11-31)28-9-14-2-7-18(19(23)8-14)22(25,26)27/h2-8,12-13,17,20,28H,9-11H2,1H3/t17-,20+/m0/s1. The Morgan fingerprint density at radius 3 is 2.44 bits per heavy atom. The van der Waals surface area contributed by atoms with Crippen LogP contribution in [0.1, 0.15) is 22.6 Å². The van der Waals surface area contributed by atoms with Crippen molar-refractivity contribution in [3.63, 3.8) is 0 Å². The van der Waals surface area contributed by atoms with Gasteiger partial charge in [0.2, 0.25) is 0 Å². The highest BCUT2D eigenvalue weighted by molar-refractivity contribution is 7.89. The summed E-state index contributed by atoms with van der Waals surface area (Å²) in [5.74, 6) is -0.729. The van der Waals surface area contributed by atoms with Crippen molar-refractivity contribution in [3.05, 3.63) is 82.5 Å². The van der Waals surface area contributed by atoms with Gasteiger partial charge in [0.05, 0.1) is 16.9 Å². The third kappa shape index (κ3) is 5.12. The van der Waals surface area contributed by atoms with Crippen LogP contribution in [-0.4, -0.2) is 41.4 Å². The molecule has 2 heterocycles. The van der Waals surface area contributed by atoms with E-state index in [0.29, 0.717) is 5.56 Å². The second-order valence-corrected chi connectivity index (χ2v) is 10.4. The molecule has 1 aliphatic heterocycles. The Hall–Kier alpha value is -2.47. The fourth-order valence-electron chi connectivity index (χ4n) is 4.02. The second kappa shape index (κ2) is 9.29. The van der Waals surface area contributed by atoms with E-state index in [9.17, 15) is 26.0 Å². The van der Waals surface area contributed by atoms with Gasteiger partial charge in [-0.1, -0.05) is 29.8 Å². The Morgan fingerprint density at radius 1 is 1.15 bits per heavy atom. The normalized spacial score (nSPS) is 19.6. The molecule has 1 saturated heterocycles. The van der Waals surface area contributed by atoms with Gasteiger partial charge in [-0.2, -0.15) is 17.5 Å². The molecule has 4 rings (SSSR count). The quantitative estimate of drug-likeness (QED) is 0.499. The number of imidazole rings is 1. The van der Waals surface area contributed by atoms with Crippen molar-refractivity contribution >= 4 is 21.6 Å². The Kier molecular flexibility index (Phi) is 6.74. The van der Waals surface area contributed by atoms with E-state index < -0.39 is 32.6 Å². The van der Waals surface area contributed by atoms with Crippen molar-refractivity contribution in [1.29, 1.82) is 0 Å². The van der Waals surface area contributed by atoms with Gasteiger partial charge in [0.1, 0.15) is 5.82 Å². The minimum absolute atomic E-state index is 0.0805. The van der Waals surface area contributed by atoms with Gasteiger partial charge < -0.3 is 9.88 Å². The molecule has 0 unspecified atom stereocenters. The van der Waals surface area contributed by atoms with Gasteiger partial charge in [-0.3, -0.25) is 0 Å². The molecule has 0 saturated carbocycles. The average molecular weight is 517 g/mol. The summed E-state index contributed by atoms with van der Waals surface area (Å²) in [6.07, 6.45) is -1.75. The fraction of sp³-hybridized carbons (Fsp3) is 0.318. The number of halogens is 5. The van der Waals surface area contributed by atoms with Gasteiger partial charge in [-0.25, -0.2) is 17.8 Å². The van der Waals surface area contributed by atoms with Crippen LogP contribution in [0, 0.1) is 5.82 Å². The molecule has 1 N–H and O–H groups in total. The van der Waals surface area contributed by atoms with Gasteiger partial charge in [-0.05, 0) is 35.4 Å². The lowest BCUT2D eigenvalue weighted by molar-refractivity contribution is -0.137. The number of sulfonamides is 1. The van der Waals surface area contributed by atoms with Crippen LogP contribution in [0.4, 0.5) is 17.6 Å². The Morgan fingerprint density at radius 2 is 1.85 bits per heavy atom. The first-order valence-corrected chi connectivity index (χ1v) is 12.1. The smallest absolute Gasteiger partial charge is 0.339 e. The number of rotatable bonds is 6. The van der Waals surface area contributed by atoms with Crippen LogP contribution < -0.4 is 5.32 Å². The first-order chi connectivity index (χ1) is 15.9. The monoisotopic (exact) mass is 516 g/mol. The highest BCUT2D eigenvalue weighted by Gasteiger charge is 2.41. The van der Waals surface area contributed by atoms with Crippen molar-refractivity contribution in [2.24, 2.45) is 7.05 Å². The van der Waals surface area contributed by atoms with Crippen LogP contribution in [0.3, 0.4) is 0 Å². The van der Waals surface area contributed by atoms with Crippen LogP contribution in [-0.2, 0) is 29.8 Å². The summed E-state index contributed by atoms with van der Waals surface area (Å²) in [5, 5.41) is 2.75. The average Bonchev–Trinajstić information content (AvgIpc) is 3.39. The second-order valence-electron chi connectivity index (χ2n) is 8.16. The summed E-state index contributed by atoms with van der Waals surface area (Å²) in [6, 6.07) is 8.90. The SMILES string of the molecule is Cn1cnc(S(=O)(=O)N2C[C@@H](NCc3ccc(C(F)(F)F)c(Cl)c3)[C@H](c3ccc(F)cc3)C2)c1. The van der Waals surface area contributed by atoms with E-state index >= 15 is 0 Å². The van der Waals surface area contributed by atoms with Crippen LogP contribution in [0.2, 0.25) is 5.02 Å². The third-order valence-corrected chi connectivity index (χ3v) is 7.81. The molecule has 0 bridgehead atoms. The lowest BCUT2D eigenvalue weighted by Gasteiger charge is -2.20. The number of benzene rings is 2. The van der Waals surface area contributed by atoms with Gasteiger partial charge in [0, 0.05) is 44.8 Å². The maximum Gasteiger partial charge on any atom is 0.417 e. The zero-order valence-electron chi connectivity index (χ0n) is 17.9. The molecular formula is C22H21ClF4N4O2S. The number of alkyl halides is 3. The van der Waals surface area contributed by atoms with Gasteiger partial charge in [-0.15, -0.1) is 0 Å². The van der Waals surface area contributed by atoms with E-state index in [-0.39, 0.29) is 36.6 Å². The fourth-order valence-corrected chi connectivity index (χ4v) is 5.79. The molecular weight excluding hydrogens is 496 g/mol. The molecule has 12 heteroatoms. The number of aromatic nitrogens is 2. The summed E-state index contributed by atoms with van der Waals surface area (Å²) in [7, 11) is -2.21. The van der Waals surface area contributed by atoms with Crippen molar-refractivity contribution in [2.45, 2.75) is 29.7 Å². The van der Waals surface area contributed by atoms with E-state index in [1.165, 1.54) is 45.7 Å². The minimum Gasteiger partial charge on any atom is -0.339 e. The largest absolute Gasteiger partial charge is 0.417 e. The maximum absolute atomic E-state index is 13.5. The van der Waals surface area contributed by atoms with Gasteiger partial charge in [0.15, 0.2) is 5.03 Å². The topological polar surface area (TPSA) is 67.2 Å². The Bertz CT molecular complexity index is 1280. The Balaban J connectivity index is 1.57. The van der Waals surface area contributed by atoms with Crippen LogP contribution in [0.5, 0.6) is 0 Å². The van der Waals surface area contributed by atoms with Gasteiger partial charge in [0.25, 0.3) is 10.0 Å². The number of aryl methyl sites for hydroxylation is 1. The molecule has 0 aliphatic carbocycles. The molecule has 2 atom stereocenters. The third-order valence-electron chi connectivity index (χ3n) is 5.78. The molecule has 1 aromatic heterocycles. The van der Waals surface area contributed by atoms with Crippen molar-refractivity contribution < 1.29 is 26.0 Å². The number of hydrogen-bond acceptors (Lipinski definition) is 4. The summed E-state index contributed by atoms with van der Waals surface area (Å²) >= 11 is 5.82. The van der Waals surface area contributed by atoms with E-state index in [2.05, 4.69) is 10.3 Å². The summed E-state index contributed by atoms with van der Waals surface area (Å²) in [5.41, 5.74) is 0.334. The van der Waals surface area contributed by atoms with Crippen LogP contribution >= 0.6 is 11.6 Å². The van der Waals surface area contributed by atoms with Crippen molar-refractivity contribution in [3.8, 4) is 0 Å². The first-order valence-electron chi connectivity index (χ1n) is 10.3. The minimum atomic E-state index is -4.55. The molecule has 0 amide bonds. The lowest BCUT2D eigenvalue weighted by atomic mass is 9.94. The molecule has 0 spiro atoms. The van der Waals surface area contributed by atoms with E-state index in [1.807, 2.05) is 0 Å². The zero-order valence-corrected chi connectivity index (χ0v) is 19.5. The molecule has 0 radical (unpaired) electrons. The molecule has 6 nitrogen and oxygen atoms in total. The molecule has 34 heavy (non-hydrogen) atoms. The number of hydrogen-bond donors (Lipinski definition) is 1. The Labute approximate surface area is 199 Å². The van der Waals surface area contributed by atoms with Crippen LogP contribution in [0.15, 0.2) is 60.0 Å². The molecule has 182 valence electrons. The predicted molar refractivity (Wildman–Crippen MR) is 118 cm³/mol. The predicted octanol–water partition coefficient (Wildman–Crippen LogP) is 4.18. The van der Waals surface area contributed by atoms with Crippen molar-refractivity contribution in [2.75, 3.05) is 13.1 Å². The maximum atomic E-state index is 13.5. The zero-order chi connectivity index (χ0) is 24.7. The molecule has 2 aromatic carbocycles. The summed E-state index contributed by atoms with van der Waals surface area (Å²) < 4.78 is 81.5. The lowest BCUT2D eigenvalue weighted by Crippen LogP contribution is -2.36. The summed E-state index contributed by atoms with van der Waals surface area (Å²) in [4.78, 5) is 3.95. The van der Waals surface area contributed by atoms with E-state index in [4.69, 9.17) is 11.6 Å². The van der Waals surface area contributed by atoms with E-state index in [1.54, 1.807) is 19.2 Å². The van der Waals surface area contributed by atoms with Crippen molar-refractivity contribution in [1.82, 2.24) is 19.2 Å². The van der Waals surface area contributed by atoms with E-state index in [0.717, 1.165) is 11.6 Å². The molecule has 3 aromatic rings. The highest BCUT2D eigenvalue weighted by atomic mass is 35.5. The molecule has 1 fully saturated rings. The summed E-state index contributed by atoms with van der Waals surface area (Å²) in [6.45, 7) is 0.406.